The molecule has 3 nitrogen and oxygen atoms in total. The first-order valence-electron chi connectivity index (χ1n) is 10.2. The van der Waals surface area contributed by atoms with Gasteiger partial charge in [-0.25, -0.2) is 0 Å². The van der Waals surface area contributed by atoms with Crippen LogP contribution >= 0.6 is 0 Å². The van der Waals surface area contributed by atoms with Crippen molar-refractivity contribution in [3.63, 3.8) is 0 Å². The van der Waals surface area contributed by atoms with E-state index in [4.69, 9.17) is 9.47 Å². The lowest BCUT2D eigenvalue weighted by Gasteiger charge is -2.52. The highest BCUT2D eigenvalue weighted by Crippen LogP contribution is 2.66. The fourth-order valence-corrected chi connectivity index (χ4v) is 6.45. The van der Waals surface area contributed by atoms with Crippen molar-refractivity contribution in [2.45, 2.75) is 71.0 Å². The second kappa shape index (κ2) is 6.28. The highest BCUT2D eigenvalue weighted by Gasteiger charge is 2.64. The molecule has 1 aromatic carbocycles. The number of rotatable bonds is 0. The van der Waals surface area contributed by atoms with Gasteiger partial charge in [0.25, 0.3) is 0 Å². The molecule has 1 aliphatic heterocycles. The van der Waals surface area contributed by atoms with Crippen molar-refractivity contribution in [3.05, 3.63) is 29.3 Å². The summed E-state index contributed by atoms with van der Waals surface area (Å²) in [7, 11) is 0. The predicted molar refractivity (Wildman–Crippen MR) is 98.7 cm³/mol. The van der Waals surface area contributed by atoms with Crippen molar-refractivity contribution in [2.75, 3.05) is 13.2 Å². The van der Waals surface area contributed by atoms with Crippen molar-refractivity contribution >= 4 is 0 Å². The maximum Gasteiger partial charge on any atom is 0.174 e. The average molecular weight is 344 g/mol. The Balaban J connectivity index is 0.000000758. The van der Waals surface area contributed by atoms with Gasteiger partial charge in [-0.05, 0) is 73.1 Å². The minimum absolute atomic E-state index is 0.180. The third-order valence-corrected chi connectivity index (χ3v) is 7.51. The van der Waals surface area contributed by atoms with Gasteiger partial charge < -0.3 is 14.6 Å². The van der Waals surface area contributed by atoms with Gasteiger partial charge in [-0.1, -0.05) is 26.8 Å². The van der Waals surface area contributed by atoms with Crippen LogP contribution in [0.3, 0.4) is 0 Å². The van der Waals surface area contributed by atoms with E-state index in [0.717, 1.165) is 32.0 Å². The molecule has 1 heterocycles. The topological polar surface area (TPSA) is 38.7 Å². The van der Waals surface area contributed by atoms with Crippen molar-refractivity contribution < 1.29 is 14.6 Å². The van der Waals surface area contributed by atoms with Crippen molar-refractivity contribution in [1.29, 1.82) is 0 Å². The molecule has 138 valence electrons. The zero-order chi connectivity index (χ0) is 17.7. The quantitative estimate of drug-likeness (QED) is 0.718. The summed E-state index contributed by atoms with van der Waals surface area (Å²) in [6.07, 6.45) is 7.08. The number of phenolic OH excluding ortho intramolecular Hbond substituents is 1. The molecule has 0 amide bonds. The van der Waals surface area contributed by atoms with E-state index in [9.17, 15) is 5.11 Å². The van der Waals surface area contributed by atoms with Gasteiger partial charge in [-0.3, -0.25) is 0 Å². The van der Waals surface area contributed by atoms with Gasteiger partial charge in [0.15, 0.2) is 5.79 Å². The number of ether oxygens (including phenoxy) is 2. The van der Waals surface area contributed by atoms with Gasteiger partial charge >= 0.3 is 0 Å². The molecule has 2 saturated carbocycles. The van der Waals surface area contributed by atoms with Gasteiger partial charge in [0.2, 0.25) is 0 Å². The number of benzene rings is 1. The average Bonchev–Trinajstić information content (AvgIpc) is 3.23. The van der Waals surface area contributed by atoms with Crippen LogP contribution in [-0.4, -0.2) is 24.1 Å². The van der Waals surface area contributed by atoms with E-state index < -0.39 is 0 Å². The number of phenols is 1. The first-order chi connectivity index (χ1) is 12.1. The molecule has 4 unspecified atom stereocenters. The van der Waals surface area contributed by atoms with Crippen molar-refractivity contribution in [3.8, 4) is 5.75 Å². The zero-order valence-corrected chi connectivity index (χ0v) is 15.9. The van der Waals surface area contributed by atoms with Crippen LogP contribution in [0.15, 0.2) is 18.2 Å². The molecule has 0 radical (unpaired) electrons. The summed E-state index contributed by atoms with van der Waals surface area (Å²) in [5, 5.41) is 9.78. The van der Waals surface area contributed by atoms with Crippen LogP contribution in [0.5, 0.6) is 5.75 Å². The molecular weight excluding hydrogens is 312 g/mol. The van der Waals surface area contributed by atoms with Crippen LogP contribution in [0.4, 0.5) is 0 Å². The third-order valence-electron chi connectivity index (χ3n) is 7.51. The minimum atomic E-state index is -0.294. The van der Waals surface area contributed by atoms with E-state index in [-0.39, 0.29) is 11.2 Å². The second-order valence-electron chi connectivity index (χ2n) is 8.24. The maximum absolute atomic E-state index is 9.78. The van der Waals surface area contributed by atoms with Gasteiger partial charge in [0.05, 0.1) is 13.2 Å². The van der Waals surface area contributed by atoms with E-state index in [1.165, 1.54) is 36.8 Å². The summed E-state index contributed by atoms with van der Waals surface area (Å²) >= 11 is 0. The molecule has 3 fully saturated rings. The Morgan fingerprint density at radius 1 is 1.04 bits per heavy atom. The van der Waals surface area contributed by atoms with Crippen LogP contribution in [0.25, 0.3) is 0 Å². The van der Waals surface area contributed by atoms with Crippen molar-refractivity contribution in [2.24, 2.45) is 17.3 Å². The molecular formula is C22H32O3. The Hall–Kier alpha value is -1.06. The molecule has 1 aromatic rings. The molecule has 0 aromatic heterocycles. The monoisotopic (exact) mass is 344 g/mol. The number of fused-ring (bicyclic) bond motifs is 6. The first kappa shape index (κ1) is 17.4. The highest BCUT2D eigenvalue weighted by molar-refractivity contribution is 5.40. The summed E-state index contributed by atoms with van der Waals surface area (Å²) in [5.74, 6) is 2.24. The normalized spacial score (nSPS) is 37.6. The summed E-state index contributed by atoms with van der Waals surface area (Å²) < 4.78 is 12.4. The van der Waals surface area contributed by atoms with Gasteiger partial charge in [0, 0.05) is 11.8 Å². The fraction of sp³-hybridized carbons (Fsp3) is 0.727. The van der Waals surface area contributed by atoms with E-state index in [1.807, 2.05) is 26.0 Å². The minimum Gasteiger partial charge on any atom is -0.508 e. The molecule has 1 N–H and O–H groups in total. The molecule has 5 rings (SSSR count). The van der Waals surface area contributed by atoms with E-state index >= 15 is 0 Å². The molecule has 4 aliphatic rings. The van der Waals surface area contributed by atoms with Crippen LogP contribution in [0.1, 0.15) is 69.9 Å². The molecule has 25 heavy (non-hydrogen) atoms. The summed E-state index contributed by atoms with van der Waals surface area (Å²) in [6, 6.07) is 6.03. The standard InChI is InChI=1S/C20H26O3.C2H6/c1-19-8-6-16-15-5-3-14(21)12-13(15)2-4-17(16)18(19)7-9-20(19)22-10-11-23-20;1-2/h3,5,12,16-18,21H,2,4,6-11H2,1H3;1-2H3. The first-order valence-corrected chi connectivity index (χ1v) is 10.2. The zero-order valence-electron chi connectivity index (χ0n) is 15.9. The molecule has 4 atom stereocenters. The third kappa shape index (κ3) is 2.39. The van der Waals surface area contributed by atoms with Crippen LogP contribution < -0.4 is 0 Å². The number of hydrogen-bond acceptors (Lipinski definition) is 3. The van der Waals surface area contributed by atoms with Crippen LogP contribution in [0.2, 0.25) is 0 Å². The Morgan fingerprint density at radius 3 is 2.56 bits per heavy atom. The summed E-state index contributed by atoms with van der Waals surface area (Å²) in [5.41, 5.74) is 3.05. The largest absolute Gasteiger partial charge is 0.508 e. The molecule has 0 bridgehead atoms. The van der Waals surface area contributed by atoms with E-state index in [2.05, 4.69) is 13.0 Å². The molecule has 3 heteroatoms. The lowest BCUT2D eigenvalue weighted by atomic mass is 9.55. The Labute approximate surface area is 151 Å². The maximum atomic E-state index is 9.78. The van der Waals surface area contributed by atoms with Crippen LogP contribution in [-0.2, 0) is 15.9 Å². The van der Waals surface area contributed by atoms with Gasteiger partial charge in [-0.2, -0.15) is 0 Å². The lowest BCUT2D eigenvalue weighted by Crippen LogP contribution is -2.51. The summed E-state index contributed by atoms with van der Waals surface area (Å²) in [4.78, 5) is 0. The van der Waals surface area contributed by atoms with Crippen LogP contribution in [0, 0.1) is 17.3 Å². The fourth-order valence-electron chi connectivity index (χ4n) is 6.45. The van der Waals surface area contributed by atoms with E-state index in [0.29, 0.717) is 17.6 Å². The Bertz CT molecular complexity index is 634. The second-order valence-corrected chi connectivity index (χ2v) is 8.24. The van der Waals surface area contributed by atoms with E-state index in [1.54, 1.807) is 0 Å². The number of aromatic hydroxyl groups is 1. The highest BCUT2D eigenvalue weighted by atomic mass is 16.7. The summed E-state index contributed by atoms with van der Waals surface area (Å²) in [6.45, 7) is 7.95. The smallest absolute Gasteiger partial charge is 0.174 e. The molecule has 3 aliphatic carbocycles. The molecule has 1 spiro atoms. The van der Waals surface area contributed by atoms with Gasteiger partial charge in [-0.15, -0.1) is 0 Å². The van der Waals surface area contributed by atoms with Gasteiger partial charge in [0.1, 0.15) is 5.75 Å². The number of hydrogen-bond donors (Lipinski definition) is 1. The SMILES string of the molecule is CC.CC12CCC3c4ccc(O)cc4CCC3C1CCC21OCCO1. The predicted octanol–water partition coefficient (Wildman–Crippen LogP) is 5.02. The lowest BCUT2D eigenvalue weighted by molar-refractivity contribution is -0.237. The number of aryl methyl sites for hydroxylation is 1. The van der Waals surface area contributed by atoms with Crippen molar-refractivity contribution in [1.82, 2.24) is 0 Å². The Morgan fingerprint density at radius 2 is 1.80 bits per heavy atom. The molecule has 1 saturated heterocycles. The Kier molecular flexibility index (Phi) is 4.36.